The van der Waals surface area contributed by atoms with Crippen LogP contribution in [-0.2, 0) is 0 Å². The predicted molar refractivity (Wildman–Crippen MR) is 65.3 cm³/mol. The number of Topliss-reactive ketones (excluding diaryl/α,β-unsaturated/α-hetero) is 1. The first kappa shape index (κ1) is 12.0. The number of nitro groups is 1. The molecule has 6 nitrogen and oxygen atoms in total. The number of ketones is 1. The van der Waals surface area contributed by atoms with E-state index >= 15 is 0 Å². The number of nitrogens with one attached hydrogen (secondary N) is 1. The van der Waals surface area contributed by atoms with Gasteiger partial charge in [0, 0.05) is 24.1 Å². The van der Waals surface area contributed by atoms with Crippen LogP contribution < -0.4 is 0 Å². The van der Waals surface area contributed by atoms with Crippen molar-refractivity contribution < 1.29 is 9.72 Å². The summed E-state index contributed by atoms with van der Waals surface area (Å²) in [5.74, 6) is -0.0507. The molecule has 0 unspecified atom stereocenters. The van der Waals surface area contributed by atoms with Gasteiger partial charge in [0.1, 0.15) is 0 Å². The Morgan fingerprint density at radius 1 is 1.50 bits per heavy atom. The van der Waals surface area contributed by atoms with Crippen LogP contribution >= 0.6 is 0 Å². The first-order chi connectivity index (χ1) is 8.63. The van der Waals surface area contributed by atoms with E-state index in [-0.39, 0.29) is 11.5 Å². The smallest absolute Gasteiger partial charge is 0.270 e. The van der Waals surface area contributed by atoms with E-state index in [9.17, 15) is 14.9 Å². The van der Waals surface area contributed by atoms with Crippen LogP contribution in [0.5, 0.6) is 0 Å². The number of carbonyl (C=O) groups excluding carboxylic acids is 1. The summed E-state index contributed by atoms with van der Waals surface area (Å²) in [7, 11) is 0. The van der Waals surface area contributed by atoms with Crippen LogP contribution in [-0.4, -0.2) is 20.9 Å². The van der Waals surface area contributed by atoms with E-state index in [1.165, 1.54) is 18.3 Å². The topological polar surface area (TPSA) is 88.9 Å². The number of H-pyrrole nitrogens is 1. The molecule has 0 amide bonds. The number of aromatic amines is 1. The highest BCUT2D eigenvalue weighted by molar-refractivity contribution is 6.01. The van der Waals surface area contributed by atoms with Gasteiger partial charge in [0.2, 0.25) is 0 Å². The van der Waals surface area contributed by atoms with Gasteiger partial charge in [-0.2, -0.15) is 5.10 Å². The Kier molecular flexibility index (Phi) is 3.18. The van der Waals surface area contributed by atoms with Crippen molar-refractivity contribution in [2.45, 2.75) is 13.3 Å². The summed E-state index contributed by atoms with van der Waals surface area (Å²) in [5, 5.41) is 17.2. The lowest BCUT2D eigenvalue weighted by atomic mass is 10.0. The van der Waals surface area contributed by atoms with Crippen LogP contribution in [0.1, 0.15) is 23.7 Å². The van der Waals surface area contributed by atoms with Gasteiger partial charge in [-0.3, -0.25) is 20.0 Å². The lowest BCUT2D eigenvalue weighted by Crippen LogP contribution is -1.97. The summed E-state index contributed by atoms with van der Waals surface area (Å²) in [6.45, 7) is 1.76. The molecular weight excluding hydrogens is 234 g/mol. The quantitative estimate of drug-likeness (QED) is 0.509. The van der Waals surface area contributed by atoms with E-state index in [4.69, 9.17) is 0 Å². The third-order valence-corrected chi connectivity index (χ3v) is 2.61. The standard InChI is InChI=1S/C12H11N3O3/c1-2-11(16)10-7-13-14-12(10)8-4-3-5-9(6-8)15(17)18/h3-7H,2H2,1H3,(H,13,14). The molecule has 0 saturated heterocycles. The molecule has 6 heteroatoms. The molecule has 2 aromatic rings. The number of aromatic nitrogens is 2. The third kappa shape index (κ3) is 2.13. The first-order valence-electron chi connectivity index (χ1n) is 5.45. The molecule has 0 saturated carbocycles. The second-order valence-electron chi connectivity index (χ2n) is 3.74. The summed E-state index contributed by atoms with van der Waals surface area (Å²) >= 11 is 0. The Bertz CT molecular complexity index is 604. The summed E-state index contributed by atoms with van der Waals surface area (Å²) in [4.78, 5) is 21.9. The molecule has 1 aromatic carbocycles. The van der Waals surface area contributed by atoms with Crippen LogP contribution in [0.15, 0.2) is 30.5 Å². The lowest BCUT2D eigenvalue weighted by molar-refractivity contribution is -0.384. The van der Waals surface area contributed by atoms with Crippen molar-refractivity contribution in [1.29, 1.82) is 0 Å². The van der Waals surface area contributed by atoms with E-state index < -0.39 is 4.92 Å². The Morgan fingerprint density at radius 2 is 2.28 bits per heavy atom. The van der Waals surface area contributed by atoms with Gasteiger partial charge >= 0.3 is 0 Å². The second-order valence-corrected chi connectivity index (χ2v) is 3.74. The van der Waals surface area contributed by atoms with E-state index in [1.807, 2.05) is 0 Å². The molecule has 0 radical (unpaired) electrons. The van der Waals surface area contributed by atoms with Crippen LogP contribution in [0.4, 0.5) is 5.69 Å². The van der Waals surface area contributed by atoms with Crippen LogP contribution in [0.3, 0.4) is 0 Å². The highest BCUT2D eigenvalue weighted by Gasteiger charge is 2.15. The maximum atomic E-state index is 11.7. The van der Waals surface area contributed by atoms with Gasteiger partial charge in [0.05, 0.1) is 22.4 Å². The second kappa shape index (κ2) is 4.79. The van der Waals surface area contributed by atoms with E-state index in [1.54, 1.807) is 19.1 Å². The van der Waals surface area contributed by atoms with Crippen molar-refractivity contribution in [2.75, 3.05) is 0 Å². The summed E-state index contributed by atoms with van der Waals surface area (Å²) in [6, 6.07) is 6.10. The van der Waals surface area contributed by atoms with Gasteiger partial charge in [-0.25, -0.2) is 0 Å². The molecule has 0 fully saturated rings. The Hall–Kier alpha value is -2.50. The summed E-state index contributed by atoms with van der Waals surface area (Å²) in [5.41, 5.74) is 1.54. The van der Waals surface area contributed by atoms with Crippen molar-refractivity contribution in [3.8, 4) is 11.3 Å². The molecule has 92 valence electrons. The van der Waals surface area contributed by atoms with E-state index in [0.29, 0.717) is 23.2 Å². The van der Waals surface area contributed by atoms with Crippen LogP contribution in [0, 0.1) is 10.1 Å². The number of carbonyl (C=O) groups is 1. The third-order valence-electron chi connectivity index (χ3n) is 2.61. The Balaban J connectivity index is 2.49. The molecule has 0 bridgehead atoms. The minimum absolute atomic E-state index is 0.0167. The van der Waals surface area contributed by atoms with Crippen molar-refractivity contribution >= 4 is 11.5 Å². The molecule has 18 heavy (non-hydrogen) atoms. The number of nitro benzene ring substituents is 1. The average molecular weight is 245 g/mol. The predicted octanol–water partition coefficient (Wildman–Crippen LogP) is 2.58. The SMILES string of the molecule is CCC(=O)c1cn[nH]c1-c1cccc([N+](=O)[O-])c1. The lowest BCUT2D eigenvalue weighted by Gasteiger charge is -2.01. The van der Waals surface area contributed by atoms with Gasteiger partial charge in [-0.1, -0.05) is 19.1 Å². The molecular formula is C12H11N3O3. The van der Waals surface area contributed by atoms with Crippen LogP contribution in [0.25, 0.3) is 11.3 Å². The fourth-order valence-corrected chi connectivity index (χ4v) is 1.68. The minimum atomic E-state index is -0.471. The first-order valence-corrected chi connectivity index (χ1v) is 5.45. The monoisotopic (exact) mass is 245 g/mol. The van der Waals surface area contributed by atoms with E-state index in [2.05, 4.69) is 10.2 Å². The summed E-state index contributed by atoms with van der Waals surface area (Å²) in [6.07, 6.45) is 1.81. The highest BCUT2D eigenvalue weighted by atomic mass is 16.6. The highest BCUT2D eigenvalue weighted by Crippen LogP contribution is 2.25. The van der Waals surface area contributed by atoms with Crippen molar-refractivity contribution in [3.63, 3.8) is 0 Å². The fraction of sp³-hybridized carbons (Fsp3) is 0.167. The van der Waals surface area contributed by atoms with Crippen molar-refractivity contribution in [2.24, 2.45) is 0 Å². The minimum Gasteiger partial charge on any atom is -0.294 e. The van der Waals surface area contributed by atoms with Gasteiger partial charge in [0.25, 0.3) is 5.69 Å². The molecule has 1 aromatic heterocycles. The number of rotatable bonds is 4. The zero-order chi connectivity index (χ0) is 13.1. The van der Waals surface area contributed by atoms with Gasteiger partial charge in [-0.05, 0) is 0 Å². The molecule has 0 spiro atoms. The largest absolute Gasteiger partial charge is 0.294 e. The molecule has 0 aliphatic carbocycles. The number of nitrogens with zero attached hydrogens (tertiary/aromatic N) is 2. The number of hydrogen-bond donors (Lipinski definition) is 1. The zero-order valence-electron chi connectivity index (χ0n) is 9.71. The molecule has 0 aliphatic heterocycles. The van der Waals surface area contributed by atoms with Gasteiger partial charge < -0.3 is 0 Å². The van der Waals surface area contributed by atoms with Gasteiger partial charge in [-0.15, -0.1) is 0 Å². The Morgan fingerprint density at radius 3 is 2.94 bits per heavy atom. The fourth-order valence-electron chi connectivity index (χ4n) is 1.68. The molecule has 0 atom stereocenters. The number of benzene rings is 1. The average Bonchev–Trinajstić information content (AvgIpc) is 2.87. The number of hydrogen-bond acceptors (Lipinski definition) is 4. The van der Waals surface area contributed by atoms with Crippen LogP contribution in [0.2, 0.25) is 0 Å². The number of non-ortho nitro benzene ring substituents is 1. The maximum Gasteiger partial charge on any atom is 0.270 e. The summed E-state index contributed by atoms with van der Waals surface area (Å²) < 4.78 is 0. The normalized spacial score (nSPS) is 10.3. The van der Waals surface area contributed by atoms with Crippen molar-refractivity contribution in [1.82, 2.24) is 10.2 Å². The molecule has 0 aliphatic rings. The maximum absolute atomic E-state index is 11.7. The molecule has 1 N–H and O–H groups in total. The molecule has 1 heterocycles. The van der Waals surface area contributed by atoms with Gasteiger partial charge in [0.15, 0.2) is 5.78 Å². The Labute approximate surface area is 103 Å². The molecule has 2 rings (SSSR count). The van der Waals surface area contributed by atoms with E-state index in [0.717, 1.165) is 0 Å². The zero-order valence-corrected chi connectivity index (χ0v) is 9.71. The van der Waals surface area contributed by atoms with Crippen molar-refractivity contribution in [3.05, 3.63) is 46.1 Å².